The first-order valence-electron chi connectivity index (χ1n) is 29.5. The third-order valence-electron chi connectivity index (χ3n) is 12.3. The standard InChI is InChI=1S/C62H107O11P/c1-4-7-10-13-16-19-21-23-25-27-29-31-33-35-37-40-42-45-48-51-60(64)69-55-59(57-71-74(67,68)70-56-58(54-63)72-61(65)52-49-46-43-39-18-15-12-9-6-3)73-62(66)53-50-47-44-41-38-36-34-32-30-28-26-24-22-20-17-14-11-8-5-2/h8,11,16-17,19-20,23-26,30,32,36,38,58-59,63H,4-7,9-10,12-15,18,21-22,27-29,31,33-35,37,39-57H2,1-3H3,(H,67,68)/b11-8-,19-16-,20-17-,25-23-,26-24-,32-30-,38-36-. The highest BCUT2D eigenvalue weighted by molar-refractivity contribution is 7.47. The number of ether oxygens (including phenoxy) is 3. The van der Waals surface area contributed by atoms with Crippen molar-refractivity contribution in [3.8, 4) is 0 Å². The molecule has 11 nitrogen and oxygen atoms in total. The second kappa shape index (κ2) is 55.9. The molecule has 0 spiro atoms. The number of aliphatic hydroxyl groups is 1. The Balaban J connectivity index is 4.77. The lowest BCUT2D eigenvalue weighted by Gasteiger charge is -2.21. The summed E-state index contributed by atoms with van der Waals surface area (Å²) in [5, 5.41) is 9.78. The second-order valence-electron chi connectivity index (χ2n) is 19.4. The van der Waals surface area contributed by atoms with Crippen LogP contribution in [0.15, 0.2) is 85.1 Å². The number of carbonyl (C=O) groups is 3. The van der Waals surface area contributed by atoms with E-state index < -0.39 is 57.8 Å². The zero-order chi connectivity index (χ0) is 54.1. The van der Waals surface area contributed by atoms with E-state index in [1.807, 2.05) is 0 Å². The van der Waals surface area contributed by atoms with Crippen LogP contribution in [0, 0.1) is 0 Å². The number of hydrogen-bond donors (Lipinski definition) is 2. The summed E-state index contributed by atoms with van der Waals surface area (Å²) in [5.41, 5.74) is 0. The lowest BCUT2D eigenvalue weighted by atomic mass is 10.1. The maximum Gasteiger partial charge on any atom is 0.472 e. The molecule has 0 amide bonds. The first-order chi connectivity index (χ1) is 36.2. The minimum atomic E-state index is -4.76. The Kier molecular flexibility index (Phi) is 53.4. The van der Waals surface area contributed by atoms with Gasteiger partial charge in [-0.1, -0.05) is 221 Å². The lowest BCUT2D eigenvalue weighted by molar-refractivity contribution is -0.161. The molecule has 0 aliphatic carbocycles. The molecule has 74 heavy (non-hydrogen) atoms. The molecule has 0 aliphatic rings. The summed E-state index contributed by atoms with van der Waals surface area (Å²) < 4.78 is 39.5. The van der Waals surface area contributed by atoms with Crippen molar-refractivity contribution in [3.63, 3.8) is 0 Å². The van der Waals surface area contributed by atoms with E-state index in [4.69, 9.17) is 23.3 Å². The average molecular weight is 1060 g/mol. The van der Waals surface area contributed by atoms with Gasteiger partial charge in [0.15, 0.2) is 6.10 Å². The largest absolute Gasteiger partial charge is 0.472 e. The van der Waals surface area contributed by atoms with Crippen LogP contribution in [0.1, 0.15) is 252 Å². The van der Waals surface area contributed by atoms with Gasteiger partial charge < -0.3 is 24.2 Å². The number of phosphoric acid groups is 1. The van der Waals surface area contributed by atoms with Crippen molar-refractivity contribution in [3.05, 3.63) is 85.1 Å². The predicted molar refractivity (Wildman–Crippen MR) is 307 cm³/mol. The van der Waals surface area contributed by atoms with E-state index in [0.29, 0.717) is 19.3 Å². The molecule has 12 heteroatoms. The highest BCUT2D eigenvalue weighted by atomic mass is 31.2. The average Bonchev–Trinajstić information content (AvgIpc) is 3.39. The quantitative estimate of drug-likeness (QED) is 0.0197. The fourth-order valence-electron chi connectivity index (χ4n) is 7.82. The van der Waals surface area contributed by atoms with Crippen LogP contribution in [-0.4, -0.2) is 66.5 Å². The Morgan fingerprint density at radius 1 is 0.392 bits per heavy atom. The Bertz CT molecular complexity index is 1560. The van der Waals surface area contributed by atoms with Gasteiger partial charge in [-0.2, -0.15) is 0 Å². The van der Waals surface area contributed by atoms with Crippen molar-refractivity contribution in [2.45, 2.75) is 264 Å². The molecule has 3 unspecified atom stereocenters. The number of unbranched alkanes of at least 4 members (excludes halogenated alkanes) is 23. The molecule has 0 saturated heterocycles. The molecular weight excluding hydrogens is 952 g/mol. The summed E-state index contributed by atoms with van der Waals surface area (Å²) >= 11 is 0. The molecule has 0 fully saturated rings. The van der Waals surface area contributed by atoms with E-state index in [1.54, 1.807) is 0 Å². The molecule has 0 aromatic rings. The molecule has 0 aliphatic heterocycles. The first kappa shape index (κ1) is 70.7. The molecule has 0 rings (SSSR count). The van der Waals surface area contributed by atoms with Gasteiger partial charge in [0, 0.05) is 19.3 Å². The molecule has 0 aromatic heterocycles. The number of aliphatic hydroxyl groups excluding tert-OH is 1. The zero-order valence-electron chi connectivity index (χ0n) is 47.0. The zero-order valence-corrected chi connectivity index (χ0v) is 47.9. The molecule has 0 saturated carbocycles. The smallest absolute Gasteiger partial charge is 0.462 e. The molecule has 0 aromatic carbocycles. The van der Waals surface area contributed by atoms with Crippen LogP contribution in [0.4, 0.5) is 0 Å². The van der Waals surface area contributed by atoms with Crippen LogP contribution in [0.25, 0.3) is 0 Å². The lowest BCUT2D eigenvalue weighted by Crippen LogP contribution is -2.30. The SMILES string of the molecule is CC/C=C\C/C=C\C/C=C\C/C=C\C/C=C\CCCCCC(=O)OC(COC(=O)CCCCCCCCCCC/C=C\C/C=C\CCCCC)COP(=O)(O)OCC(CO)OC(=O)CCCCCCCCCCC. The number of hydrogen-bond acceptors (Lipinski definition) is 10. The van der Waals surface area contributed by atoms with Gasteiger partial charge in [0.1, 0.15) is 12.7 Å². The van der Waals surface area contributed by atoms with Crippen LogP contribution in [-0.2, 0) is 42.2 Å². The number of rotatable bonds is 54. The van der Waals surface area contributed by atoms with E-state index in [-0.39, 0.29) is 25.9 Å². The van der Waals surface area contributed by atoms with Crippen LogP contribution >= 0.6 is 7.82 Å². The van der Waals surface area contributed by atoms with E-state index >= 15 is 0 Å². The minimum absolute atomic E-state index is 0.126. The number of phosphoric ester groups is 1. The normalized spacial score (nSPS) is 14.0. The molecule has 0 bridgehead atoms. The van der Waals surface area contributed by atoms with Gasteiger partial charge in [-0.15, -0.1) is 0 Å². The van der Waals surface area contributed by atoms with E-state index in [2.05, 4.69) is 106 Å². The molecule has 3 atom stereocenters. The fraction of sp³-hybridized carbons (Fsp3) is 0.726. The van der Waals surface area contributed by atoms with Crippen molar-refractivity contribution in [1.82, 2.24) is 0 Å². The summed E-state index contributed by atoms with van der Waals surface area (Å²) in [4.78, 5) is 48.5. The fourth-order valence-corrected chi connectivity index (χ4v) is 8.61. The van der Waals surface area contributed by atoms with Crippen molar-refractivity contribution < 1.29 is 52.2 Å². The Morgan fingerprint density at radius 2 is 0.703 bits per heavy atom. The van der Waals surface area contributed by atoms with Crippen molar-refractivity contribution in [2.24, 2.45) is 0 Å². The third kappa shape index (κ3) is 53.5. The molecule has 2 N–H and O–H groups in total. The predicted octanol–water partition coefficient (Wildman–Crippen LogP) is 17.5. The van der Waals surface area contributed by atoms with Crippen LogP contribution in [0.3, 0.4) is 0 Å². The van der Waals surface area contributed by atoms with E-state index in [0.717, 1.165) is 103 Å². The van der Waals surface area contributed by atoms with E-state index in [1.165, 1.54) is 89.9 Å². The van der Waals surface area contributed by atoms with Crippen LogP contribution in [0.2, 0.25) is 0 Å². The minimum Gasteiger partial charge on any atom is -0.462 e. The third-order valence-corrected chi connectivity index (χ3v) is 13.3. The van der Waals surface area contributed by atoms with Gasteiger partial charge in [-0.05, 0) is 96.3 Å². The molecule has 426 valence electrons. The summed E-state index contributed by atoms with van der Waals surface area (Å²) in [7, 11) is -4.76. The van der Waals surface area contributed by atoms with Gasteiger partial charge in [-0.25, -0.2) is 4.57 Å². The monoisotopic (exact) mass is 1060 g/mol. The highest BCUT2D eigenvalue weighted by Crippen LogP contribution is 2.43. The summed E-state index contributed by atoms with van der Waals surface area (Å²) in [6, 6.07) is 0. The number of esters is 3. The van der Waals surface area contributed by atoms with Gasteiger partial charge in [0.25, 0.3) is 0 Å². The first-order valence-corrected chi connectivity index (χ1v) is 31.0. The topological polar surface area (TPSA) is 155 Å². The summed E-state index contributed by atoms with van der Waals surface area (Å²) in [6.07, 6.45) is 64.1. The van der Waals surface area contributed by atoms with E-state index in [9.17, 15) is 28.9 Å². The Labute approximate surface area is 451 Å². The van der Waals surface area contributed by atoms with Crippen LogP contribution in [0.5, 0.6) is 0 Å². The summed E-state index contributed by atoms with van der Waals surface area (Å²) in [6.45, 7) is 4.45. The van der Waals surface area contributed by atoms with Crippen LogP contribution < -0.4 is 0 Å². The maximum absolute atomic E-state index is 12.9. The van der Waals surface area contributed by atoms with Crippen molar-refractivity contribution in [1.29, 1.82) is 0 Å². The van der Waals surface area contributed by atoms with Gasteiger partial charge in [-0.3, -0.25) is 23.4 Å². The molecule has 0 heterocycles. The second-order valence-corrected chi connectivity index (χ2v) is 20.9. The highest BCUT2D eigenvalue weighted by Gasteiger charge is 2.28. The Hall–Kier alpha value is -3.34. The van der Waals surface area contributed by atoms with Gasteiger partial charge >= 0.3 is 25.7 Å². The molecular formula is C62H107O11P. The van der Waals surface area contributed by atoms with Crippen molar-refractivity contribution in [2.75, 3.05) is 26.4 Å². The number of allylic oxidation sites excluding steroid dienone is 14. The molecule has 0 radical (unpaired) electrons. The Morgan fingerprint density at radius 3 is 1.12 bits per heavy atom. The van der Waals surface area contributed by atoms with Gasteiger partial charge in [0.2, 0.25) is 0 Å². The van der Waals surface area contributed by atoms with Crippen molar-refractivity contribution >= 4 is 25.7 Å². The number of carbonyl (C=O) groups excluding carboxylic acids is 3. The maximum atomic E-state index is 12.9. The summed E-state index contributed by atoms with van der Waals surface area (Å²) in [5.74, 6) is -1.51. The van der Waals surface area contributed by atoms with Gasteiger partial charge in [0.05, 0.1) is 19.8 Å².